The van der Waals surface area contributed by atoms with E-state index in [-0.39, 0.29) is 11.8 Å². The molecule has 34 heavy (non-hydrogen) atoms. The van der Waals surface area contributed by atoms with E-state index in [1.165, 1.54) is 103 Å². The summed E-state index contributed by atoms with van der Waals surface area (Å²) in [6.45, 7) is 8.24. The fourth-order valence-corrected chi connectivity index (χ4v) is 5.54. The van der Waals surface area contributed by atoms with E-state index in [0.29, 0.717) is 6.42 Å². The molecule has 0 bridgehead atoms. The molecule has 0 heterocycles. The zero-order chi connectivity index (χ0) is 25.7. The lowest BCUT2D eigenvalue weighted by molar-refractivity contribution is -0.156. The van der Waals surface area contributed by atoms with Crippen molar-refractivity contribution in [2.75, 3.05) is 0 Å². The highest BCUT2D eigenvalue weighted by Gasteiger charge is 2.43. The Balaban J connectivity index is 3.41. The van der Waals surface area contributed by atoms with Gasteiger partial charge in [0, 0.05) is 6.42 Å². The smallest absolute Gasteiger partial charge is 0.310 e. The van der Waals surface area contributed by atoms with Gasteiger partial charge in [-0.15, -0.1) is 0 Å². The Morgan fingerprint density at radius 3 is 1.00 bits per heavy atom. The SMILES string of the molecule is CC(C)C(CCCCCCCCCCCCCCCCCCCCCC(=O)O)(C(=O)O)C(C)C. The van der Waals surface area contributed by atoms with Crippen LogP contribution >= 0.6 is 0 Å². The molecule has 4 heteroatoms. The lowest BCUT2D eigenvalue weighted by atomic mass is 9.66. The Morgan fingerprint density at radius 2 is 0.765 bits per heavy atom. The normalized spacial score (nSPS) is 12.1. The molecule has 0 unspecified atom stereocenters. The molecular formula is C30H58O4. The highest BCUT2D eigenvalue weighted by atomic mass is 16.4. The van der Waals surface area contributed by atoms with E-state index in [1.54, 1.807) is 0 Å². The maximum absolute atomic E-state index is 11.9. The minimum Gasteiger partial charge on any atom is -0.481 e. The molecule has 0 amide bonds. The summed E-state index contributed by atoms with van der Waals surface area (Å²) < 4.78 is 0. The van der Waals surface area contributed by atoms with E-state index in [4.69, 9.17) is 5.11 Å². The van der Waals surface area contributed by atoms with Crippen LogP contribution in [0.2, 0.25) is 0 Å². The molecule has 0 aliphatic carbocycles. The second-order valence-electron chi connectivity index (χ2n) is 11.3. The first-order valence-electron chi connectivity index (χ1n) is 14.7. The predicted molar refractivity (Wildman–Crippen MR) is 144 cm³/mol. The van der Waals surface area contributed by atoms with E-state index in [0.717, 1.165) is 25.7 Å². The Morgan fingerprint density at radius 1 is 0.500 bits per heavy atom. The Labute approximate surface area is 211 Å². The van der Waals surface area contributed by atoms with Gasteiger partial charge in [-0.3, -0.25) is 9.59 Å². The van der Waals surface area contributed by atoms with E-state index < -0.39 is 17.4 Å². The van der Waals surface area contributed by atoms with E-state index in [2.05, 4.69) is 27.7 Å². The average molecular weight is 483 g/mol. The molecule has 0 aliphatic heterocycles. The van der Waals surface area contributed by atoms with Crippen molar-refractivity contribution in [2.45, 2.75) is 163 Å². The van der Waals surface area contributed by atoms with Gasteiger partial charge in [0.05, 0.1) is 5.41 Å². The van der Waals surface area contributed by atoms with Gasteiger partial charge in [0.1, 0.15) is 0 Å². The molecule has 0 saturated heterocycles. The third-order valence-electron chi connectivity index (χ3n) is 7.94. The zero-order valence-electron chi connectivity index (χ0n) is 23.2. The average Bonchev–Trinajstić information content (AvgIpc) is 2.76. The number of rotatable bonds is 25. The topological polar surface area (TPSA) is 74.6 Å². The summed E-state index contributed by atoms with van der Waals surface area (Å²) in [7, 11) is 0. The molecule has 0 aromatic heterocycles. The zero-order valence-corrected chi connectivity index (χ0v) is 23.2. The van der Waals surface area contributed by atoms with Crippen LogP contribution in [0.5, 0.6) is 0 Å². The first-order chi connectivity index (χ1) is 16.2. The van der Waals surface area contributed by atoms with Crippen molar-refractivity contribution >= 4 is 11.9 Å². The fraction of sp³-hybridized carbons (Fsp3) is 0.933. The number of carbonyl (C=O) groups is 2. The van der Waals surface area contributed by atoms with Crippen molar-refractivity contribution in [3.05, 3.63) is 0 Å². The lowest BCUT2D eigenvalue weighted by Crippen LogP contribution is -2.41. The molecule has 4 nitrogen and oxygen atoms in total. The molecule has 2 N–H and O–H groups in total. The molecule has 0 radical (unpaired) electrons. The lowest BCUT2D eigenvalue weighted by Gasteiger charge is -2.37. The van der Waals surface area contributed by atoms with Gasteiger partial charge >= 0.3 is 11.9 Å². The van der Waals surface area contributed by atoms with E-state index in [1.807, 2.05) is 0 Å². The van der Waals surface area contributed by atoms with Crippen molar-refractivity contribution < 1.29 is 19.8 Å². The van der Waals surface area contributed by atoms with Crippen LogP contribution in [-0.4, -0.2) is 22.2 Å². The van der Waals surface area contributed by atoms with Crippen molar-refractivity contribution in [1.82, 2.24) is 0 Å². The Kier molecular flexibility index (Phi) is 20.6. The third kappa shape index (κ3) is 15.8. The van der Waals surface area contributed by atoms with Crippen LogP contribution in [0.15, 0.2) is 0 Å². The largest absolute Gasteiger partial charge is 0.481 e. The van der Waals surface area contributed by atoms with Crippen LogP contribution in [0.25, 0.3) is 0 Å². The summed E-state index contributed by atoms with van der Waals surface area (Å²) in [5.74, 6) is -0.920. The summed E-state index contributed by atoms with van der Waals surface area (Å²) in [6, 6.07) is 0. The van der Waals surface area contributed by atoms with Crippen LogP contribution < -0.4 is 0 Å². The first-order valence-corrected chi connectivity index (χ1v) is 14.7. The second kappa shape index (κ2) is 21.2. The van der Waals surface area contributed by atoms with Crippen molar-refractivity contribution in [2.24, 2.45) is 17.3 Å². The third-order valence-corrected chi connectivity index (χ3v) is 7.94. The molecular weight excluding hydrogens is 424 g/mol. The molecule has 202 valence electrons. The number of carboxylic acid groups (broad SMARTS) is 2. The maximum atomic E-state index is 11.9. The number of hydrogen-bond donors (Lipinski definition) is 2. The van der Waals surface area contributed by atoms with Gasteiger partial charge in [0.25, 0.3) is 0 Å². The number of unbranched alkanes of at least 4 members (excludes halogenated alkanes) is 18. The number of hydrogen-bond acceptors (Lipinski definition) is 2. The van der Waals surface area contributed by atoms with Gasteiger partial charge in [0.2, 0.25) is 0 Å². The minimum atomic E-state index is -0.666. The molecule has 0 saturated carbocycles. The van der Waals surface area contributed by atoms with Crippen LogP contribution in [0, 0.1) is 17.3 Å². The van der Waals surface area contributed by atoms with E-state index in [9.17, 15) is 14.7 Å². The predicted octanol–water partition coefficient (Wildman–Crippen LogP) is 9.65. The molecule has 0 aliphatic rings. The monoisotopic (exact) mass is 482 g/mol. The van der Waals surface area contributed by atoms with E-state index >= 15 is 0 Å². The molecule has 0 aromatic carbocycles. The molecule has 0 rings (SSSR count). The van der Waals surface area contributed by atoms with Crippen molar-refractivity contribution in [3.8, 4) is 0 Å². The quantitative estimate of drug-likeness (QED) is 0.127. The van der Waals surface area contributed by atoms with Crippen LogP contribution in [0.3, 0.4) is 0 Å². The van der Waals surface area contributed by atoms with Gasteiger partial charge < -0.3 is 10.2 Å². The molecule has 0 aromatic rings. The molecule has 0 spiro atoms. The van der Waals surface area contributed by atoms with Crippen LogP contribution in [0.4, 0.5) is 0 Å². The van der Waals surface area contributed by atoms with Crippen LogP contribution in [0.1, 0.15) is 163 Å². The first kappa shape index (κ1) is 32.9. The summed E-state index contributed by atoms with van der Waals surface area (Å²) in [4.78, 5) is 22.4. The molecule has 0 fully saturated rings. The van der Waals surface area contributed by atoms with Crippen LogP contribution in [-0.2, 0) is 9.59 Å². The Hall–Kier alpha value is -1.06. The number of carboxylic acids is 2. The second-order valence-corrected chi connectivity index (χ2v) is 11.3. The highest BCUT2D eigenvalue weighted by Crippen LogP contribution is 2.41. The van der Waals surface area contributed by atoms with Gasteiger partial charge in [0.15, 0.2) is 0 Å². The number of aliphatic carboxylic acids is 2. The maximum Gasteiger partial charge on any atom is 0.310 e. The van der Waals surface area contributed by atoms with Crippen molar-refractivity contribution in [1.29, 1.82) is 0 Å². The standard InChI is InChI=1S/C30H58O4/c1-26(2)30(27(3)4,29(33)34)25-23-21-19-17-15-13-11-9-7-5-6-8-10-12-14-16-18-20-22-24-28(31)32/h26-27H,5-25H2,1-4H3,(H,31,32)(H,33,34). The highest BCUT2D eigenvalue weighted by molar-refractivity contribution is 5.75. The minimum absolute atomic E-state index is 0.179. The summed E-state index contributed by atoms with van der Waals surface area (Å²) in [5.41, 5.74) is -0.565. The molecule has 0 atom stereocenters. The van der Waals surface area contributed by atoms with Gasteiger partial charge in [-0.05, 0) is 24.7 Å². The fourth-order valence-electron chi connectivity index (χ4n) is 5.54. The van der Waals surface area contributed by atoms with Gasteiger partial charge in [-0.25, -0.2) is 0 Å². The summed E-state index contributed by atoms with van der Waals surface area (Å²) in [5, 5.41) is 18.4. The van der Waals surface area contributed by atoms with Gasteiger partial charge in [-0.1, -0.05) is 143 Å². The summed E-state index contributed by atoms with van der Waals surface area (Å²) in [6.07, 6.45) is 25.2. The summed E-state index contributed by atoms with van der Waals surface area (Å²) >= 11 is 0. The Bertz CT molecular complexity index is 490. The van der Waals surface area contributed by atoms with Crippen molar-refractivity contribution in [3.63, 3.8) is 0 Å². The van der Waals surface area contributed by atoms with Gasteiger partial charge in [-0.2, -0.15) is 0 Å².